The lowest BCUT2D eigenvalue weighted by atomic mass is 10.2. The topological polar surface area (TPSA) is 54.8 Å². The fourth-order valence-corrected chi connectivity index (χ4v) is 2.02. The number of hydrogen-bond acceptors (Lipinski definition) is 4. The number of benzene rings is 1. The van der Waals surface area contributed by atoms with Crippen molar-refractivity contribution in [3.05, 3.63) is 65.7 Å². The summed E-state index contributed by atoms with van der Waals surface area (Å²) in [6.07, 6.45) is 2.54. The van der Waals surface area contributed by atoms with Gasteiger partial charge >= 0.3 is 0 Å². The minimum absolute atomic E-state index is 0.261. The van der Waals surface area contributed by atoms with Crippen LogP contribution < -0.4 is 0 Å². The molecule has 6 heteroatoms. The monoisotopic (exact) mass is 285 g/mol. The summed E-state index contributed by atoms with van der Waals surface area (Å²) in [6, 6.07) is 9.31. The van der Waals surface area contributed by atoms with Gasteiger partial charge in [0, 0.05) is 24.9 Å². The van der Waals surface area contributed by atoms with E-state index in [4.69, 9.17) is 4.74 Å². The number of ether oxygens (including phenoxy) is 1. The van der Waals surface area contributed by atoms with Crippen molar-refractivity contribution >= 4 is 11.8 Å². The Hall–Kier alpha value is -2.76. The van der Waals surface area contributed by atoms with Crippen LogP contribution in [-0.2, 0) is 9.53 Å². The van der Waals surface area contributed by atoms with Crippen molar-refractivity contribution in [1.82, 2.24) is 9.99 Å². The Balaban J connectivity index is 1.93. The van der Waals surface area contributed by atoms with E-state index in [2.05, 4.69) is 10.1 Å². The molecule has 5 nitrogen and oxygen atoms in total. The highest BCUT2D eigenvalue weighted by molar-refractivity contribution is 5.96. The molecule has 0 unspecified atom stereocenters. The average Bonchev–Trinajstić information content (AvgIpc) is 2.94. The Morgan fingerprint density at radius 1 is 1.29 bits per heavy atom. The number of hydrogen-bond donors (Lipinski definition) is 0. The van der Waals surface area contributed by atoms with Crippen LogP contribution in [0.4, 0.5) is 4.39 Å². The molecule has 2 aromatic rings. The van der Waals surface area contributed by atoms with Gasteiger partial charge in [-0.1, -0.05) is 12.1 Å². The van der Waals surface area contributed by atoms with E-state index in [-0.39, 0.29) is 11.7 Å². The molecule has 0 saturated heterocycles. The predicted octanol–water partition coefficient (Wildman–Crippen LogP) is 2.46. The van der Waals surface area contributed by atoms with Crippen LogP contribution >= 0.6 is 0 Å². The van der Waals surface area contributed by atoms with Crippen LogP contribution in [0.1, 0.15) is 24.3 Å². The lowest BCUT2D eigenvalue weighted by molar-refractivity contribution is -0.135. The zero-order chi connectivity index (χ0) is 14.8. The maximum atomic E-state index is 13.0. The Labute approximate surface area is 120 Å². The van der Waals surface area contributed by atoms with E-state index in [9.17, 15) is 9.18 Å². The average molecular weight is 285 g/mol. The maximum absolute atomic E-state index is 13.0. The zero-order valence-corrected chi connectivity index (χ0v) is 11.2. The summed E-state index contributed by atoms with van der Waals surface area (Å²) in [5.41, 5.74) is 1.32. The largest absolute Gasteiger partial charge is 0.446 e. The Morgan fingerprint density at radius 3 is 2.67 bits per heavy atom. The number of aromatic nitrogens is 1. The van der Waals surface area contributed by atoms with Crippen LogP contribution in [0.15, 0.2) is 53.9 Å². The third-order valence-corrected chi connectivity index (χ3v) is 3.03. The van der Waals surface area contributed by atoms with E-state index in [0.717, 1.165) is 0 Å². The number of pyridine rings is 1. The fraction of sp³-hybridized carbons (Fsp3) is 0.133. The highest BCUT2D eigenvalue weighted by atomic mass is 19.1. The van der Waals surface area contributed by atoms with Gasteiger partial charge in [-0.25, -0.2) is 4.39 Å². The number of carbonyl (C=O) groups is 1. The molecule has 0 spiro atoms. The lowest BCUT2D eigenvalue weighted by Gasteiger charge is -2.19. The van der Waals surface area contributed by atoms with Crippen LogP contribution in [0.5, 0.6) is 0 Å². The van der Waals surface area contributed by atoms with E-state index in [1.165, 1.54) is 24.1 Å². The number of carbonyl (C=O) groups excluding carboxylic acids is 1. The molecule has 0 radical (unpaired) electrons. The molecule has 0 fully saturated rings. The second-order valence-corrected chi connectivity index (χ2v) is 4.53. The molecule has 0 aliphatic carbocycles. The standard InChI is InChI=1S/C15H12FN3O2/c1-10(20)19-15(11-4-6-13(16)7-5-11)21-14(18-19)12-3-2-8-17-9-12/h2-9,15H,1H3/t15-/m0/s1. The van der Waals surface area contributed by atoms with Crippen molar-refractivity contribution in [3.63, 3.8) is 0 Å². The Bertz CT molecular complexity index is 686. The van der Waals surface area contributed by atoms with Crippen molar-refractivity contribution in [2.75, 3.05) is 0 Å². The SMILES string of the molecule is CC(=O)N1N=C(c2cccnc2)O[C@H]1c1ccc(F)cc1. The van der Waals surface area contributed by atoms with E-state index in [1.807, 2.05) is 0 Å². The molecule has 1 amide bonds. The number of halogens is 1. The fourth-order valence-electron chi connectivity index (χ4n) is 2.02. The van der Waals surface area contributed by atoms with Gasteiger partial charge in [0.15, 0.2) is 0 Å². The first kappa shape index (κ1) is 13.2. The summed E-state index contributed by atoms with van der Waals surface area (Å²) in [5.74, 6) is -0.296. The second kappa shape index (κ2) is 5.32. The summed E-state index contributed by atoms with van der Waals surface area (Å²) >= 11 is 0. The van der Waals surface area contributed by atoms with Gasteiger partial charge < -0.3 is 4.74 Å². The van der Waals surface area contributed by atoms with Crippen molar-refractivity contribution in [3.8, 4) is 0 Å². The molecule has 3 rings (SSSR count). The van der Waals surface area contributed by atoms with Crippen molar-refractivity contribution in [1.29, 1.82) is 0 Å². The smallest absolute Gasteiger partial charge is 0.243 e. The number of amides is 1. The van der Waals surface area contributed by atoms with Crippen molar-refractivity contribution < 1.29 is 13.9 Å². The van der Waals surface area contributed by atoms with Crippen molar-refractivity contribution in [2.45, 2.75) is 13.2 Å². The summed E-state index contributed by atoms with van der Waals surface area (Å²) in [6.45, 7) is 1.40. The van der Waals surface area contributed by atoms with Crippen LogP contribution in [0.2, 0.25) is 0 Å². The van der Waals surface area contributed by atoms with Gasteiger partial charge in [0.05, 0.1) is 5.56 Å². The maximum Gasteiger partial charge on any atom is 0.243 e. The van der Waals surface area contributed by atoms with E-state index >= 15 is 0 Å². The molecular weight excluding hydrogens is 273 g/mol. The molecule has 0 saturated carbocycles. The molecule has 1 aromatic heterocycles. The molecule has 1 atom stereocenters. The van der Waals surface area contributed by atoms with E-state index in [0.29, 0.717) is 17.0 Å². The van der Waals surface area contributed by atoms with E-state index < -0.39 is 6.23 Å². The summed E-state index contributed by atoms with van der Waals surface area (Å²) in [7, 11) is 0. The third kappa shape index (κ3) is 2.60. The molecule has 1 aliphatic rings. The highest BCUT2D eigenvalue weighted by Gasteiger charge is 2.33. The lowest BCUT2D eigenvalue weighted by Crippen LogP contribution is -2.25. The summed E-state index contributed by atoms with van der Waals surface area (Å²) in [4.78, 5) is 15.7. The molecule has 0 bridgehead atoms. The summed E-state index contributed by atoms with van der Waals surface area (Å²) in [5, 5.41) is 5.41. The molecule has 1 aliphatic heterocycles. The molecule has 21 heavy (non-hydrogen) atoms. The van der Waals surface area contributed by atoms with Crippen LogP contribution in [0.3, 0.4) is 0 Å². The van der Waals surface area contributed by atoms with Gasteiger partial charge in [-0.15, -0.1) is 5.10 Å². The molecule has 2 heterocycles. The zero-order valence-electron chi connectivity index (χ0n) is 11.2. The molecule has 0 N–H and O–H groups in total. The number of nitrogens with zero attached hydrogens (tertiary/aromatic N) is 3. The molecular formula is C15H12FN3O2. The quantitative estimate of drug-likeness (QED) is 0.851. The van der Waals surface area contributed by atoms with E-state index in [1.54, 1.807) is 36.7 Å². The Kier molecular flexibility index (Phi) is 3.35. The van der Waals surface area contributed by atoms with Crippen LogP contribution in [-0.4, -0.2) is 21.8 Å². The van der Waals surface area contributed by atoms with Crippen LogP contribution in [0, 0.1) is 5.82 Å². The minimum Gasteiger partial charge on any atom is -0.446 e. The minimum atomic E-state index is -0.696. The van der Waals surface area contributed by atoms with Crippen LogP contribution in [0.25, 0.3) is 0 Å². The van der Waals surface area contributed by atoms with Crippen molar-refractivity contribution in [2.24, 2.45) is 5.10 Å². The summed E-state index contributed by atoms with van der Waals surface area (Å²) < 4.78 is 18.8. The highest BCUT2D eigenvalue weighted by Crippen LogP contribution is 2.30. The first-order valence-corrected chi connectivity index (χ1v) is 6.36. The third-order valence-electron chi connectivity index (χ3n) is 3.03. The Morgan fingerprint density at radius 2 is 2.05 bits per heavy atom. The van der Waals surface area contributed by atoms with Gasteiger partial charge in [-0.2, -0.15) is 5.01 Å². The normalized spacial score (nSPS) is 17.3. The molecule has 1 aromatic carbocycles. The van der Waals surface area contributed by atoms with Gasteiger partial charge in [-0.3, -0.25) is 9.78 Å². The van der Waals surface area contributed by atoms with Gasteiger partial charge in [0.2, 0.25) is 18.0 Å². The van der Waals surface area contributed by atoms with Gasteiger partial charge in [0.25, 0.3) is 0 Å². The number of hydrazone groups is 1. The molecule has 106 valence electrons. The first-order chi connectivity index (χ1) is 10.1. The second-order valence-electron chi connectivity index (χ2n) is 4.53. The number of rotatable bonds is 2. The van der Waals surface area contributed by atoms with Gasteiger partial charge in [0.1, 0.15) is 5.82 Å². The first-order valence-electron chi connectivity index (χ1n) is 6.36. The van der Waals surface area contributed by atoms with Gasteiger partial charge in [-0.05, 0) is 24.3 Å². The predicted molar refractivity (Wildman–Crippen MR) is 73.5 cm³/mol.